The quantitative estimate of drug-likeness (QED) is 0.808. The molecule has 2 rings (SSSR count). The number of aldehydes is 1. The molecule has 0 spiro atoms. The van der Waals surface area contributed by atoms with Crippen LogP contribution >= 0.6 is 0 Å². The van der Waals surface area contributed by atoms with E-state index in [1.165, 1.54) is 4.90 Å². The summed E-state index contributed by atoms with van der Waals surface area (Å²) >= 11 is 0. The maximum atomic E-state index is 10.8. The zero-order valence-electron chi connectivity index (χ0n) is 9.20. The van der Waals surface area contributed by atoms with Gasteiger partial charge in [0.25, 0.3) is 0 Å². The van der Waals surface area contributed by atoms with Gasteiger partial charge in [0.1, 0.15) is 11.9 Å². The molecule has 0 radical (unpaired) electrons. The average molecular weight is 235 g/mol. The van der Waals surface area contributed by atoms with E-state index in [0.29, 0.717) is 30.8 Å². The molecule has 1 aliphatic rings. The molecule has 0 aliphatic carbocycles. The van der Waals surface area contributed by atoms with Crippen molar-refractivity contribution in [3.05, 3.63) is 29.8 Å². The van der Waals surface area contributed by atoms with E-state index in [9.17, 15) is 9.59 Å². The zero-order chi connectivity index (χ0) is 12.3. The highest BCUT2D eigenvalue weighted by atomic mass is 16.5. The van der Waals surface area contributed by atoms with Crippen LogP contribution in [0.5, 0.6) is 5.75 Å². The Labute approximate surface area is 98.6 Å². The molecule has 1 amide bonds. The molecule has 17 heavy (non-hydrogen) atoms. The van der Waals surface area contributed by atoms with Gasteiger partial charge in [0, 0.05) is 13.0 Å². The lowest BCUT2D eigenvalue weighted by atomic mass is 10.2. The number of hydrogen-bond acceptors (Lipinski definition) is 3. The normalized spacial score (nSPS) is 19.1. The smallest absolute Gasteiger partial charge is 0.407 e. The standard InChI is InChI=1S/C12H13NO4/c14-8-9-3-1-2-4-11(9)17-10-5-6-13(7-10)12(15)16/h1-4,8,10H,5-7H2,(H,15,16). The number of rotatable bonds is 3. The number of carbonyl (C=O) groups is 2. The van der Waals surface area contributed by atoms with E-state index in [4.69, 9.17) is 9.84 Å². The summed E-state index contributed by atoms with van der Waals surface area (Å²) in [5.41, 5.74) is 0.487. The molecule has 1 aromatic rings. The molecule has 1 aromatic carbocycles. The fourth-order valence-electron chi connectivity index (χ4n) is 1.86. The minimum atomic E-state index is -0.931. The predicted octanol–water partition coefficient (Wildman–Crippen LogP) is 1.63. The summed E-state index contributed by atoms with van der Waals surface area (Å²) in [6, 6.07) is 6.93. The van der Waals surface area contributed by atoms with Gasteiger partial charge in [0.2, 0.25) is 0 Å². The van der Waals surface area contributed by atoms with Gasteiger partial charge in [0.15, 0.2) is 6.29 Å². The van der Waals surface area contributed by atoms with Gasteiger partial charge >= 0.3 is 6.09 Å². The molecule has 0 bridgehead atoms. The van der Waals surface area contributed by atoms with Gasteiger partial charge < -0.3 is 14.7 Å². The number of likely N-dealkylation sites (tertiary alicyclic amines) is 1. The van der Waals surface area contributed by atoms with Crippen LogP contribution in [0.15, 0.2) is 24.3 Å². The number of benzene rings is 1. The Balaban J connectivity index is 2.02. The molecule has 0 aromatic heterocycles. The number of nitrogens with zero attached hydrogens (tertiary/aromatic N) is 1. The summed E-state index contributed by atoms with van der Waals surface area (Å²) in [5.74, 6) is 0.514. The van der Waals surface area contributed by atoms with Gasteiger partial charge in [-0.2, -0.15) is 0 Å². The van der Waals surface area contributed by atoms with Gasteiger partial charge in [-0.1, -0.05) is 12.1 Å². The van der Waals surface area contributed by atoms with Crippen LogP contribution in [0.25, 0.3) is 0 Å². The van der Waals surface area contributed by atoms with Gasteiger partial charge in [-0.25, -0.2) is 4.79 Å². The molecule has 1 unspecified atom stereocenters. The molecule has 1 aliphatic heterocycles. The second-order valence-corrected chi connectivity index (χ2v) is 3.91. The molecular weight excluding hydrogens is 222 g/mol. The molecule has 1 saturated heterocycles. The molecule has 1 N–H and O–H groups in total. The van der Waals surface area contributed by atoms with E-state index < -0.39 is 6.09 Å². The minimum absolute atomic E-state index is 0.174. The van der Waals surface area contributed by atoms with Crippen molar-refractivity contribution in [2.45, 2.75) is 12.5 Å². The highest BCUT2D eigenvalue weighted by Crippen LogP contribution is 2.21. The first-order valence-electron chi connectivity index (χ1n) is 5.39. The van der Waals surface area contributed by atoms with Crippen LogP contribution < -0.4 is 4.74 Å². The van der Waals surface area contributed by atoms with Crippen LogP contribution in [-0.4, -0.2) is 41.6 Å². The summed E-state index contributed by atoms with van der Waals surface area (Å²) < 4.78 is 5.64. The molecule has 5 heteroatoms. The second kappa shape index (κ2) is 4.86. The van der Waals surface area contributed by atoms with Crippen molar-refractivity contribution in [1.82, 2.24) is 4.90 Å². The van der Waals surface area contributed by atoms with Crippen LogP contribution in [0.1, 0.15) is 16.8 Å². The van der Waals surface area contributed by atoms with Crippen LogP contribution in [0.3, 0.4) is 0 Å². The van der Waals surface area contributed by atoms with Crippen LogP contribution in [0.4, 0.5) is 4.79 Å². The maximum absolute atomic E-state index is 10.8. The molecule has 5 nitrogen and oxygen atoms in total. The van der Waals surface area contributed by atoms with Gasteiger partial charge in [0.05, 0.1) is 12.1 Å². The van der Waals surface area contributed by atoms with Crippen LogP contribution in [0, 0.1) is 0 Å². The Kier molecular flexibility index (Phi) is 3.27. The highest BCUT2D eigenvalue weighted by Gasteiger charge is 2.27. The summed E-state index contributed by atoms with van der Waals surface area (Å²) in [6.07, 6.45) is 0.283. The first-order chi connectivity index (χ1) is 8.20. The lowest BCUT2D eigenvalue weighted by Crippen LogP contribution is -2.29. The summed E-state index contributed by atoms with van der Waals surface area (Å²) in [4.78, 5) is 22.8. The third-order valence-corrected chi connectivity index (χ3v) is 2.76. The predicted molar refractivity (Wildman–Crippen MR) is 60.5 cm³/mol. The van der Waals surface area contributed by atoms with Gasteiger partial charge in [-0.3, -0.25) is 4.79 Å². The Morgan fingerprint density at radius 3 is 2.88 bits per heavy atom. The topological polar surface area (TPSA) is 66.8 Å². The Bertz CT molecular complexity index is 432. The average Bonchev–Trinajstić information content (AvgIpc) is 2.78. The lowest BCUT2D eigenvalue weighted by Gasteiger charge is -2.15. The molecule has 1 atom stereocenters. The van der Waals surface area contributed by atoms with E-state index >= 15 is 0 Å². The number of carboxylic acid groups (broad SMARTS) is 1. The van der Waals surface area contributed by atoms with Gasteiger partial charge in [-0.15, -0.1) is 0 Å². The van der Waals surface area contributed by atoms with Crippen molar-refractivity contribution in [3.63, 3.8) is 0 Å². The molecule has 1 fully saturated rings. The van der Waals surface area contributed by atoms with Crippen molar-refractivity contribution >= 4 is 12.4 Å². The van der Waals surface area contributed by atoms with E-state index in [0.717, 1.165) is 6.29 Å². The van der Waals surface area contributed by atoms with Crippen molar-refractivity contribution in [2.75, 3.05) is 13.1 Å². The lowest BCUT2D eigenvalue weighted by molar-refractivity contribution is 0.111. The maximum Gasteiger partial charge on any atom is 0.407 e. The fourth-order valence-corrected chi connectivity index (χ4v) is 1.86. The van der Waals surface area contributed by atoms with E-state index in [-0.39, 0.29) is 6.10 Å². The van der Waals surface area contributed by atoms with Crippen LogP contribution in [0.2, 0.25) is 0 Å². The fraction of sp³-hybridized carbons (Fsp3) is 0.333. The number of para-hydroxylation sites is 1. The number of carbonyl (C=O) groups excluding carboxylic acids is 1. The SMILES string of the molecule is O=Cc1ccccc1OC1CCN(C(=O)O)C1. The van der Waals surface area contributed by atoms with Crippen molar-refractivity contribution < 1.29 is 19.4 Å². The van der Waals surface area contributed by atoms with Gasteiger partial charge in [-0.05, 0) is 12.1 Å². The molecular formula is C12H13NO4. The van der Waals surface area contributed by atoms with E-state index in [1.54, 1.807) is 24.3 Å². The van der Waals surface area contributed by atoms with E-state index in [1.807, 2.05) is 0 Å². The van der Waals surface area contributed by atoms with Crippen molar-refractivity contribution in [1.29, 1.82) is 0 Å². The third kappa shape index (κ3) is 2.55. The number of amides is 1. The Morgan fingerprint density at radius 1 is 1.47 bits per heavy atom. The first kappa shape index (κ1) is 11.4. The summed E-state index contributed by atoms with van der Waals surface area (Å²) in [6.45, 7) is 0.825. The largest absolute Gasteiger partial charge is 0.488 e. The van der Waals surface area contributed by atoms with Crippen molar-refractivity contribution in [3.8, 4) is 5.75 Å². The molecule has 1 heterocycles. The molecule has 0 saturated carbocycles. The Hall–Kier alpha value is -2.04. The zero-order valence-corrected chi connectivity index (χ0v) is 9.20. The minimum Gasteiger partial charge on any atom is -0.488 e. The Morgan fingerprint density at radius 2 is 2.24 bits per heavy atom. The third-order valence-electron chi connectivity index (χ3n) is 2.76. The highest BCUT2D eigenvalue weighted by molar-refractivity contribution is 5.79. The van der Waals surface area contributed by atoms with Crippen LogP contribution in [-0.2, 0) is 0 Å². The first-order valence-corrected chi connectivity index (χ1v) is 5.39. The second-order valence-electron chi connectivity index (χ2n) is 3.91. The molecule has 90 valence electrons. The summed E-state index contributed by atoms with van der Waals surface area (Å²) in [7, 11) is 0. The van der Waals surface area contributed by atoms with E-state index in [2.05, 4.69) is 0 Å². The summed E-state index contributed by atoms with van der Waals surface area (Å²) in [5, 5.41) is 8.81. The number of hydrogen-bond donors (Lipinski definition) is 1. The van der Waals surface area contributed by atoms with Crippen molar-refractivity contribution in [2.24, 2.45) is 0 Å². The number of ether oxygens (including phenoxy) is 1. The monoisotopic (exact) mass is 235 g/mol.